The van der Waals surface area contributed by atoms with Gasteiger partial charge in [0.05, 0.1) is 6.54 Å². The Morgan fingerprint density at radius 2 is 1.92 bits per heavy atom. The molecule has 0 unspecified atom stereocenters. The summed E-state index contributed by atoms with van der Waals surface area (Å²) in [6.45, 7) is 6.37. The number of para-hydroxylation sites is 1. The van der Waals surface area contributed by atoms with Crippen LogP contribution in [0.5, 0.6) is 0 Å². The number of nitrogens with one attached hydrogen (secondary N) is 3. The molecule has 0 fully saturated rings. The highest BCUT2D eigenvalue weighted by Crippen LogP contribution is 2.25. The number of aromatic amines is 1. The molecule has 3 N–H and O–H groups in total. The topological polar surface area (TPSA) is 99.3 Å². The van der Waals surface area contributed by atoms with Crippen molar-refractivity contribution in [2.45, 2.75) is 39.3 Å². The first kappa shape index (κ1) is 17.8. The third kappa shape index (κ3) is 4.33. The van der Waals surface area contributed by atoms with Crippen LogP contribution in [0.2, 0.25) is 0 Å². The van der Waals surface area contributed by atoms with Gasteiger partial charge in [0, 0.05) is 29.9 Å². The molecule has 0 saturated heterocycles. The van der Waals surface area contributed by atoms with Crippen molar-refractivity contribution in [1.82, 2.24) is 15.1 Å². The fourth-order valence-corrected chi connectivity index (χ4v) is 2.67. The van der Waals surface area contributed by atoms with Gasteiger partial charge < -0.3 is 15.0 Å². The summed E-state index contributed by atoms with van der Waals surface area (Å²) in [6.07, 6.45) is 0.257. The molecule has 8 nitrogen and oxygen atoms in total. The zero-order valence-electron chi connectivity index (χ0n) is 15.1. The molecular formula is C18H23N5O3. The third-order valence-corrected chi connectivity index (χ3v) is 3.85. The summed E-state index contributed by atoms with van der Waals surface area (Å²) >= 11 is 0. The number of hydrogen-bond donors (Lipinski definition) is 3. The molecule has 3 amide bonds. The summed E-state index contributed by atoms with van der Waals surface area (Å²) in [5.41, 5.74) is 1.85. The first-order valence-corrected chi connectivity index (χ1v) is 8.49. The number of hydrogen-bond acceptors (Lipinski definition) is 4. The Morgan fingerprint density at radius 1 is 1.19 bits per heavy atom. The Hall–Kier alpha value is -3.03. The predicted octanol–water partition coefficient (Wildman–Crippen LogP) is 3.35. The highest BCUT2D eigenvalue weighted by atomic mass is 16.6. The Labute approximate surface area is 151 Å². The monoisotopic (exact) mass is 357 g/mol. The molecule has 1 aliphatic rings. The van der Waals surface area contributed by atoms with Crippen LogP contribution >= 0.6 is 0 Å². The third-order valence-electron chi connectivity index (χ3n) is 3.85. The van der Waals surface area contributed by atoms with E-state index in [1.807, 2.05) is 39.0 Å². The number of aromatic nitrogens is 2. The van der Waals surface area contributed by atoms with Crippen LogP contribution in [-0.2, 0) is 17.7 Å². The Balaban J connectivity index is 1.66. The van der Waals surface area contributed by atoms with Gasteiger partial charge in [0.2, 0.25) is 0 Å². The number of carbonyl (C=O) groups is 2. The van der Waals surface area contributed by atoms with Gasteiger partial charge in [-0.1, -0.05) is 18.2 Å². The van der Waals surface area contributed by atoms with Gasteiger partial charge in [-0.2, -0.15) is 5.10 Å². The second kappa shape index (κ2) is 7.07. The lowest BCUT2D eigenvalue weighted by Gasteiger charge is -2.30. The quantitative estimate of drug-likeness (QED) is 0.767. The van der Waals surface area contributed by atoms with Gasteiger partial charge in [-0.25, -0.2) is 9.59 Å². The lowest BCUT2D eigenvalue weighted by Crippen LogP contribution is -2.40. The summed E-state index contributed by atoms with van der Waals surface area (Å²) in [5, 5.41) is 12.6. The van der Waals surface area contributed by atoms with Crippen molar-refractivity contribution < 1.29 is 14.3 Å². The molecule has 2 aromatic rings. The predicted molar refractivity (Wildman–Crippen MR) is 98.0 cm³/mol. The number of anilines is 2. The number of carbonyl (C=O) groups excluding carboxylic acids is 2. The number of nitrogens with zero attached hydrogens (tertiary/aromatic N) is 2. The van der Waals surface area contributed by atoms with Crippen LogP contribution in [0.1, 0.15) is 32.0 Å². The minimum atomic E-state index is -0.551. The van der Waals surface area contributed by atoms with Crippen molar-refractivity contribution in [2.24, 2.45) is 0 Å². The molecule has 8 heteroatoms. The molecule has 1 aliphatic heterocycles. The summed E-state index contributed by atoms with van der Waals surface area (Å²) < 4.78 is 5.43. The molecule has 0 atom stereocenters. The number of fused-ring (bicyclic) bond motifs is 1. The molecule has 1 aromatic heterocycles. The molecule has 1 aromatic carbocycles. The molecule has 2 heterocycles. The van der Waals surface area contributed by atoms with E-state index in [2.05, 4.69) is 20.8 Å². The van der Waals surface area contributed by atoms with Crippen molar-refractivity contribution in [2.75, 3.05) is 17.2 Å². The van der Waals surface area contributed by atoms with Crippen LogP contribution in [0.25, 0.3) is 0 Å². The van der Waals surface area contributed by atoms with E-state index in [-0.39, 0.29) is 12.1 Å². The first-order valence-electron chi connectivity index (χ1n) is 8.49. The van der Waals surface area contributed by atoms with Crippen molar-refractivity contribution in [3.8, 4) is 0 Å². The normalized spacial score (nSPS) is 13.7. The lowest BCUT2D eigenvalue weighted by atomic mass is 10.1. The van der Waals surface area contributed by atoms with Gasteiger partial charge >= 0.3 is 12.1 Å². The highest BCUT2D eigenvalue weighted by Gasteiger charge is 2.29. The van der Waals surface area contributed by atoms with Gasteiger partial charge in [-0.3, -0.25) is 10.4 Å². The van der Waals surface area contributed by atoms with Crippen molar-refractivity contribution in [1.29, 1.82) is 0 Å². The van der Waals surface area contributed by atoms with Gasteiger partial charge in [0.15, 0.2) is 5.82 Å². The Kier molecular flexibility index (Phi) is 4.83. The second-order valence-corrected chi connectivity index (χ2v) is 7.13. The fraction of sp³-hybridized carbons (Fsp3) is 0.389. The van der Waals surface area contributed by atoms with Crippen molar-refractivity contribution in [3.05, 3.63) is 41.6 Å². The number of benzene rings is 1. The van der Waals surface area contributed by atoms with Crippen LogP contribution in [-0.4, -0.2) is 39.4 Å². The molecule has 0 radical (unpaired) electrons. The average molecular weight is 357 g/mol. The SMILES string of the molecule is CC(C)(C)OC(=O)N1CCc2[nH]nc(NC(=O)Nc3ccccc3)c2C1. The standard InChI is InChI=1S/C18H23N5O3/c1-18(2,3)26-17(25)23-10-9-14-13(11-23)15(22-21-14)20-16(24)19-12-7-5-4-6-8-12/h4-8H,9-11H2,1-3H3,(H3,19,20,21,22,24). The molecule has 3 rings (SSSR count). The van der Waals surface area contributed by atoms with Crippen molar-refractivity contribution >= 4 is 23.6 Å². The zero-order valence-corrected chi connectivity index (χ0v) is 15.1. The van der Waals surface area contributed by atoms with Crippen LogP contribution in [0.4, 0.5) is 21.1 Å². The van der Waals surface area contributed by atoms with Gasteiger partial charge in [0.1, 0.15) is 5.60 Å². The van der Waals surface area contributed by atoms with Crippen LogP contribution in [0.15, 0.2) is 30.3 Å². The van der Waals surface area contributed by atoms with Crippen LogP contribution < -0.4 is 10.6 Å². The summed E-state index contributed by atoms with van der Waals surface area (Å²) in [6, 6.07) is 8.75. The second-order valence-electron chi connectivity index (χ2n) is 7.13. The van der Waals surface area contributed by atoms with E-state index in [0.717, 1.165) is 11.3 Å². The Bertz CT molecular complexity index is 795. The van der Waals surface area contributed by atoms with E-state index in [9.17, 15) is 9.59 Å². The maximum absolute atomic E-state index is 12.3. The van der Waals surface area contributed by atoms with E-state index in [1.165, 1.54) is 0 Å². The maximum atomic E-state index is 12.3. The number of rotatable bonds is 2. The van der Waals surface area contributed by atoms with Crippen LogP contribution in [0, 0.1) is 0 Å². The van der Waals surface area contributed by atoms with Gasteiger partial charge in [-0.15, -0.1) is 0 Å². The summed E-state index contributed by atoms with van der Waals surface area (Å²) in [7, 11) is 0. The maximum Gasteiger partial charge on any atom is 0.410 e. The number of ether oxygens (including phenoxy) is 1. The minimum absolute atomic E-state index is 0.335. The smallest absolute Gasteiger partial charge is 0.410 e. The zero-order chi connectivity index (χ0) is 18.7. The molecule has 0 aliphatic carbocycles. The van der Waals surface area contributed by atoms with Gasteiger partial charge in [-0.05, 0) is 32.9 Å². The lowest BCUT2D eigenvalue weighted by molar-refractivity contribution is 0.0224. The fourth-order valence-electron chi connectivity index (χ4n) is 2.67. The van der Waals surface area contributed by atoms with E-state index >= 15 is 0 Å². The van der Waals surface area contributed by atoms with Crippen molar-refractivity contribution in [3.63, 3.8) is 0 Å². The largest absolute Gasteiger partial charge is 0.444 e. The summed E-state index contributed by atoms with van der Waals surface area (Å²) in [4.78, 5) is 26.1. The minimum Gasteiger partial charge on any atom is -0.444 e. The van der Waals surface area contributed by atoms with E-state index < -0.39 is 5.60 Å². The van der Waals surface area contributed by atoms with Crippen LogP contribution in [0.3, 0.4) is 0 Å². The van der Waals surface area contributed by atoms with E-state index in [1.54, 1.807) is 17.0 Å². The van der Waals surface area contributed by atoms with E-state index in [0.29, 0.717) is 31.0 Å². The van der Waals surface area contributed by atoms with E-state index in [4.69, 9.17) is 4.74 Å². The molecular weight excluding hydrogens is 334 g/mol. The average Bonchev–Trinajstić information content (AvgIpc) is 2.96. The molecule has 138 valence electrons. The first-order chi connectivity index (χ1) is 12.3. The summed E-state index contributed by atoms with van der Waals surface area (Å²) in [5.74, 6) is 0.418. The highest BCUT2D eigenvalue weighted by molar-refractivity contribution is 5.99. The molecule has 26 heavy (non-hydrogen) atoms. The number of urea groups is 1. The number of amides is 3. The van der Waals surface area contributed by atoms with Gasteiger partial charge in [0.25, 0.3) is 0 Å². The molecule has 0 saturated carbocycles. The Morgan fingerprint density at radius 3 is 2.62 bits per heavy atom. The molecule has 0 bridgehead atoms. The number of H-pyrrole nitrogens is 1. The molecule has 0 spiro atoms.